The van der Waals surface area contributed by atoms with Gasteiger partial charge in [0.25, 0.3) is 0 Å². The SMILES string of the molecule is C=CCC(C=O)C(=O)OC. The van der Waals surface area contributed by atoms with Crippen LogP contribution in [0.25, 0.3) is 0 Å². The first-order valence-corrected chi connectivity index (χ1v) is 2.90. The third-order valence-electron chi connectivity index (χ3n) is 1.09. The minimum Gasteiger partial charge on any atom is -0.468 e. The standard InChI is InChI=1S/C7H10O3/c1-3-4-6(5-8)7(9)10-2/h3,5-6H,1,4H2,2H3. The van der Waals surface area contributed by atoms with Crippen molar-refractivity contribution < 1.29 is 14.3 Å². The summed E-state index contributed by atoms with van der Waals surface area (Å²) in [5.74, 6) is -1.18. The number of esters is 1. The average molecular weight is 142 g/mol. The molecule has 0 aliphatic carbocycles. The van der Waals surface area contributed by atoms with Gasteiger partial charge in [-0.25, -0.2) is 0 Å². The van der Waals surface area contributed by atoms with Crippen LogP contribution in [-0.4, -0.2) is 19.4 Å². The van der Waals surface area contributed by atoms with Gasteiger partial charge in [0.05, 0.1) is 7.11 Å². The summed E-state index contributed by atoms with van der Waals surface area (Å²) in [6, 6.07) is 0. The molecule has 0 fully saturated rings. The highest BCUT2D eigenvalue weighted by Gasteiger charge is 2.15. The third-order valence-corrected chi connectivity index (χ3v) is 1.09. The van der Waals surface area contributed by atoms with Crippen LogP contribution >= 0.6 is 0 Å². The lowest BCUT2D eigenvalue weighted by Gasteiger charge is -2.02. The Morgan fingerprint density at radius 2 is 2.40 bits per heavy atom. The molecule has 0 saturated carbocycles. The predicted octanol–water partition coefficient (Wildman–Crippen LogP) is 0.551. The molecule has 3 heteroatoms. The number of rotatable bonds is 4. The molecule has 0 aromatic rings. The molecular formula is C7H10O3. The Labute approximate surface area is 59.7 Å². The van der Waals surface area contributed by atoms with E-state index in [-0.39, 0.29) is 0 Å². The Morgan fingerprint density at radius 1 is 1.80 bits per heavy atom. The molecule has 1 unspecified atom stereocenters. The van der Waals surface area contributed by atoms with Crippen molar-refractivity contribution in [2.24, 2.45) is 5.92 Å². The maximum absolute atomic E-state index is 10.6. The minimum absolute atomic E-state index is 0.343. The van der Waals surface area contributed by atoms with E-state index in [9.17, 15) is 9.59 Å². The maximum atomic E-state index is 10.6. The normalized spacial score (nSPS) is 11.7. The van der Waals surface area contributed by atoms with Crippen molar-refractivity contribution in [1.82, 2.24) is 0 Å². The number of methoxy groups -OCH3 is 1. The molecule has 1 atom stereocenters. The molecule has 0 saturated heterocycles. The zero-order valence-electron chi connectivity index (χ0n) is 5.87. The number of allylic oxidation sites excluding steroid dienone is 1. The van der Waals surface area contributed by atoms with Crippen LogP contribution in [0.2, 0.25) is 0 Å². The van der Waals surface area contributed by atoms with Crippen molar-refractivity contribution >= 4 is 12.3 Å². The largest absolute Gasteiger partial charge is 0.468 e. The van der Waals surface area contributed by atoms with Crippen LogP contribution in [0.4, 0.5) is 0 Å². The van der Waals surface area contributed by atoms with Gasteiger partial charge in [-0.15, -0.1) is 6.58 Å². The summed E-state index contributed by atoms with van der Waals surface area (Å²) in [4.78, 5) is 20.8. The Kier molecular flexibility index (Phi) is 4.20. The van der Waals surface area contributed by atoms with Crippen LogP contribution in [0.15, 0.2) is 12.7 Å². The highest BCUT2D eigenvalue weighted by molar-refractivity contribution is 5.87. The summed E-state index contributed by atoms with van der Waals surface area (Å²) in [5.41, 5.74) is 0. The van der Waals surface area contributed by atoms with E-state index >= 15 is 0 Å². The van der Waals surface area contributed by atoms with Crippen molar-refractivity contribution in [2.45, 2.75) is 6.42 Å². The fourth-order valence-electron chi connectivity index (χ4n) is 0.538. The van der Waals surface area contributed by atoms with Gasteiger partial charge < -0.3 is 9.53 Å². The lowest BCUT2D eigenvalue weighted by molar-refractivity contribution is -0.146. The summed E-state index contributed by atoms with van der Waals surface area (Å²) >= 11 is 0. The molecule has 0 amide bonds. The van der Waals surface area contributed by atoms with Gasteiger partial charge in [0.15, 0.2) is 0 Å². The van der Waals surface area contributed by atoms with Gasteiger partial charge in [0.1, 0.15) is 12.2 Å². The maximum Gasteiger partial charge on any atom is 0.316 e. The smallest absolute Gasteiger partial charge is 0.316 e. The second kappa shape index (κ2) is 4.73. The second-order valence-corrected chi connectivity index (χ2v) is 1.79. The molecule has 56 valence electrons. The first kappa shape index (κ1) is 8.88. The molecule has 0 spiro atoms. The van der Waals surface area contributed by atoms with E-state index in [0.717, 1.165) is 0 Å². The summed E-state index contributed by atoms with van der Waals surface area (Å²) in [6.45, 7) is 3.40. The zero-order valence-corrected chi connectivity index (χ0v) is 5.87. The van der Waals surface area contributed by atoms with Crippen molar-refractivity contribution in [3.63, 3.8) is 0 Å². The minimum atomic E-state index is -0.678. The van der Waals surface area contributed by atoms with E-state index in [2.05, 4.69) is 11.3 Å². The van der Waals surface area contributed by atoms with Crippen LogP contribution in [0.3, 0.4) is 0 Å². The van der Waals surface area contributed by atoms with E-state index in [4.69, 9.17) is 0 Å². The first-order valence-electron chi connectivity index (χ1n) is 2.90. The van der Waals surface area contributed by atoms with E-state index in [0.29, 0.717) is 12.7 Å². The van der Waals surface area contributed by atoms with Crippen LogP contribution < -0.4 is 0 Å². The van der Waals surface area contributed by atoms with Crippen LogP contribution in [0, 0.1) is 5.92 Å². The van der Waals surface area contributed by atoms with E-state index in [1.807, 2.05) is 0 Å². The topological polar surface area (TPSA) is 43.4 Å². The summed E-state index contributed by atoms with van der Waals surface area (Å²) in [7, 11) is 1.25. The molecule has 0 aliphatic heterocycles. The summed E-state index contributed by atoms with van der Waals surface area (Å²) < 4.78 is 4.34. The number of carbonyl (C=O) groups is 2. The van der Waals surface area contributed by atoms with Gasteiger partial charge in [-0.1, -0.05) is 6.08 Å². The number of carbonyl (C=O) groups excluding carboxylic acids is 2. The van der Waals surface area contributed by atoms with Gasteiger partial charge in [-0.3, -0.25) is 4.79 Å². The molecule has 0 heterocycles. The predicted molar refractivity (Wildman–Crippen MR) is 36.4 cm³/mol. The van der Waals surface area contributed by atoms with E-state index < -0.39 is 11.9 Å². The second-order valence-electron chi connectivity index (χ2n) is 1.79. The lowest BCUT2D eigenvalue weighted by atomic mass is 10.1. The molecule has 0 radical (unpaired) electrons. The monoisotopic (exact) mass is 142 g/mol. The van der Waals surface area contributed by atoms with Crippen LogP contribution in [0.1, 0.15) is 6.42 Å². The highest BCUT2D eigenvalue weighted by atomic mass is 16.5. The van der Waals surface area contributed by atoms with Gasteiger partial charge in [-0.05, 0) is 6.42 Å². The van der Waals surface area contributed by atoms with Gasteiger partial charge >= 0.3 is 5.97 Å². The molecule has 0 N–H and O–H groups in total. The summed E-state index contributed by atoms with van der Waals surface area (Å²) in [5, 5.41) is 0. The molecule has 3 nitrogen and oxygen atoms in total. The average Bonchev–Trinajstić information content (AvgIpc) is 1.99. The summed E-state index contributed by atoms with van der Waals surface area (Å²) in [6.07, 6.45) is 2.42. The van der Waals surface area contributed by atoms with Gasteiger partial charge in [-0.2, -0.15) is 0 Å². The quantitative estimate of drug-likeness (QED) is 0.249. The van der Waals surface area contributed by atoms with Gasteiger partial charge in [0.2, 0.25) is 0 Å². The van der Waals surface area contributed by atoms with E-state index in [1.165, 1.54) is 13.2 Å². The van der Waals surface area contributed by atoms with E-state index in [1.54, 1.807) is 0 Å². The molecule has 0 aromatic heterocycles. The Bertz CT molecular complexity index is 140. The Hall–Kier alpha value is -1.12. The zero-order chi connectivity index (χ0) is 7.98. The molecular weight excluding hydrogens is 132 g/mol. The molecule has 0 aliphatic rings. The molecule has 0 rings (SSSR count). The van der Waals surface area contributed by atoms with Crippen molar-refractivity contribution in [1.29, 1.82) is 0 Å². The van der Waals surface area contributed by atoms with Crippen molar-refractivity contribution in [2.75, 3.05) is 7.11 Å². The van der Waals surface area contributed by atoms with Crippen LogP contribution in [-0.2, 0) is 14.3 Å². The lowest BCUT2D eigenvalue weighted by Crippen LogP contribution is -2.16. The number of hydrogen-bond donors (Lipinski definition) is 0. The number of aldehydes is 1. The molecule has 0 aromatic carbocycles. The number of hydrogen-bond acceptors (Lipinski definition) is 3. The Balaban J connectivity index is 3.91. The van der Waals surface area contributed by atoms with Gasteiger partial charge in [0, 0.05) is 0 Å². The van der Waals surface area contributed by atoms with Crippen molar-refractivity contribution in [3.05, 3.63) is 12.7 Å². The third kappa shape index (κ3) is 2.44. The van der Waals surface area contributed by atoms with Crippen LogP contribution in [0.5, 0.6) is 0 Å². The molecule has 10 heavy (non-hydrogen) atoms. The number of ether oxygens (including phenoxy) is 1. The molecule has 0 bridgehead atoms. The first-order chi connectivity index (χ1) is 4.76. The van der Waals surface area contributed by atoms with Crippen molar-refractivity contribution in [3.8, 4) is 0 Å². The highest BCUT2D eigenvalue weighted by Crippen LogP contribution is 2.01. The fourth-order valence-corrected chi connectivity index (χ4v) is 0.538. The fraction of sp³-hybridized carbons (Fsp3) is 0.429. The Morgan fingerprint density at radius 3 is 2.70 bits per heavy atom.